The van der Waals surface area contributed by atoms with E-state index in [0.29, 0.717) is 5.91 Å². The number of piperidine rings is 2. The van der Waals surface area contributed by atoms with Crippen molar-refractivity contribution in [1.82, 2.24) is 9.80 Å². The van der Waals surface area contributed by atoms with Crippen LogP contribution in [-0.2, 0) is 4.79 Å². The minimum Gasteiger partial charge on any atom is -0.497 e. The monoisotopic (exact) mass is 332 g/mol. The van der Waals surface area contributed by atoms with Gasteiger partial charge < -0.3 is 14.4 Å². The first-order valence-electron chi connectivity index (χ1n) is 8.97. The summed E-state index contributed by atoms with van der Waals surface area (Å²) in [6, 6.07) is 7.78. The van der Waals surface area contributed by atoms with Crippen LogP contribution in [0, 0.1) is 0 Å². The van der Waals surface area contributed by atoms with Gasteiger partial charge >= 0.3 is 0 Å². The van der Waals surface area contributed by atoms with Gasteiger partial charge in [0.25, 0.3) is 0 Å². The van der Waals surface area contributed by atoms with Gasteiger partial charge in [0.15, 0.2) is 0 Å². The molecule has 0 bridgehead atoms. The van der Waals surface area contributed by atoms with Crippen LogP contribution < -0.4 is 9.47 Å². The predicted octanol–water partition coefficient (Wildman–Crippen LogP) is 2.55. The zero-order valence-corrected chi connectivity index (χ0v) is 14.7. The van der Waals surface area contributed by atoms with Crippen LogP contribution in [0.15, 0.2) is 24.3 Å². The van der Waals surface area contributed by atoms with Crippen LogP contribution in [0.5, 0.6) is 11.5 Å². The Morgan fingerprint density at radius 3 is 2.29 bits per heavy atom. The van der Waals surface area contributed by atoms with E-state index >= 15 is 0 Å². The van der Waals surface area contributed by atoms with Gasteiger partial charge in [-0.05, 0) is 50.7 Å². The van der Waals surface area contributed by atoms with Gasteiger partial charge in [-0.3, -0.25) is 9.69 Å². The lowest BCUT2D eigenvalue weighted by atomic mass is 10.00. The summed E-state index contributed by atoms with van der Waals surface area (Å²) in [6.45, 7) is 2.63. The second kappa shape index (κ2) is 7.88. The van der Waals surface area contributed by atoms with Crippen LogP contribution >= 0.6 is 0 Å². The summed E-state index contributed by atoms with van der Waals surface area (Å²) in [5.74, 6) is 2.01. The fourth-order valence-corrected chi connectivity index (χ4v) is 3.64. The Kier molecular flexibility index (Phi) is 5.61. The van der Waals surface area contributed by atoms with Crippen molar-refractivity contribution in [2.24, 2.45) is 0 Å². The van der Waals surface area contributed by atoms with Crippen LogP contribution in [0.4, 0.5) is 0 Å². The van der Waals surface area contributed by atoms with Crippen LogP contribution in [-0.4, -0.2) is 61.6 Å². The van der Waals surface area contributed by atoms with Crippen molar-refractivity contribution in [1.29, 1.82) is 0 Å². The Labute approximate surface area is 144 Å². The molecule has 1 atom stereocenters. The van der Waals surface area contributed by atoms with E-state index in [0.717, 1.165) is 56.8 Å². The summed E-state index contributed by atoms with van der Waals surface area (Å²) in [4.78, 5) is 17.0. The molecule has 2 fully saturated rings. The molecule has 2 saturated heterocycles. The SMILES string of the molecule is COc1ccc(OC2CCN(C(=O)[C@H]3CCCCN3C)CC2)cc1. The highest BCUT2D eigenvalue weighted by Gasteiger charge is 2.32. The second-order valence-corrected chi connectivity index (χ2v) is 6.81. The number of likely N-dealkylation sites (tertiary alicyclic amines) is 2. The van der Waals surface area contributed by atoms with Crippen molar-refractivity contribution in [3.05, 3.63) is 24.3 Å². The van der Waals surface area contributed by atoms with Crippen LogP contribution in [0.2, 0.25) is 0 Å². The molecular weight excluding hydrogens is 304 g/mol. The number of amides is 1. The number of hydrogen-bond acceptors (Lipinski definition) is 4. The third-order valence-corrected chi connectivity index (χ3v) is 5.17. The topological polar surface area (TPSA) is 42.0 Å². The van der Waals surface area contributed by atoms with Crippen molar-refractivity contribution >= 4 is 5.91 Å². The predicted molar refractivity (Wildman–Crippen MR) is 93.5 cm³/mol. The van der Waals surface area contributed by atoms with E-state index in [-0.39, 0.29) is 12.1 Å². The van der Waals surface area contributed by atoms with E-state index in [1.165, 1.54) is 6.42 Å². The molecule has 0 saturated carbocycles. The quantitative estimate of drug-likeness (QED) is 0.850. The summed E-state index contributed by atoms with van der Waals surface area (Å²) >= 11 is 0. The Hall–Kier alpha value is -1.75. The lowest BCUT2D eigenvalue weighted by Crippen LogP contribution is -2.52. The third kappa shape index (κ3) is 4.01. The number of hydrogen-bond donors (Lipinski definition) is 0. The molecule has 24 heavy (non-hydrogen) atoms. The zero-order valence-electron chi connectivity index (χ0n) is 14.7. The Morgan fingerprint density at radius 1 is 1.00 bits per heavy atom. The van der Waals surface area contributed by atoms with Crippen LogP contribution in [0.3, 0.4) is 0 Å². The highest BCUT2D eigenvalue weighted by Crippen LogP contribution is 2.23. The van der Waals surface area contributed by atoms with Crippen LogP contribution in [0.1, 0.15) is 32.1 Å². The first-order chi connectivity index (χ1) is 11.7. The maximum atomic E-state index is 12.7. The van der Waals surface area contributed by atoms with Crippen molar-refractivity contribution in [2.75, 3.05) is 33.8 Å². The molecule has 5 nitrogen and oxygen atoms in total. The van der Waals surface area contributed by atoms with Gasteiger partial charge in [-0.15, -0.1) is 0 Å². The molecule has 2 aliphatic heterocycles. The molecule has 0 aliphatic carbocycles. The first-order valence-corrected chi connectivity index (χ1v) is 8.97. The summed E-state index contributed by atoms with van der Waals surface area (Å²) in [7, 11) is 3.73. The number of methoxy groups -OCH3 is 1. The number of carbonyl (C=O) groups is 1. The van der Waals surface area contributed by atoms with E-state index in [4.69, 9.17) is 9.47 Å². The van der Waals surface area contributed by atoms with Gasteiger partial charge in [0.2, 0.25) is 5.91 Å². The molecule has 0 unspecified atom stereocenters. The number of nitrogens with zero attached hydrogens (tertiary/aromatic N) is 2. The standard InChI is InChI=1S/C19H28N2O3/c1-20-12-4-3-5-18(20)19(22)21-13-10-17(11-14-21)24-16-8-6-15(23-2)7-9-16/h6-9,17-18H,3-5,10-14H2,1-2H3/t18-/m1/s1. The number of likely N-dealkylation sites (N-methyl/N-ethyl adjacent to an activating group) is 1. The van der Waals surface area contributed by atoms with Crippen molar-refractivity contribution in [3.63, 3.8) is 0 Å². The summed E-state index contributed by atoms with van der Waals surface area (Å²) in [5, 5.41) is 0. The summed E-state index contributed by atoms with van der Waals surface area (Å²) < 4.78 is 11.2. The normalized spacial score (nSPS) is 23.1. The van der Waals surface area contributed by atoms with Crippen molar-refractivity contribution in [3.8, 4) is 11.5 Å². The van der Waals surface area contributed by atoms with Crippen molar-refractivity contribution in [2.45, 2.75) is 44.2 Å². The number of rotatable bonds is 4. The van der Waals surface area contributed by atoms with Crippen molar-refractivity contribution < 1.29 is 14.3 Å². The minimum atomic E-state index is 0.0813. The molecule has 5 heteroatoms. The highest BCUT2D eigenvalue weighted by molar-refractivity contribution is 5.82. The number of benzene rings is 1. The molecule has 132 valence electrons. The third-order valence-electron chi connectivity index (χ3n) is 5.17. The Morgan fingerprint density at radius 2 is 1.67 bits per heavy atom. The molecule has 2 heterocycles. The van der Waals surface area contributed by atoms with Crippen LogP contribution in [0.25, 0.3) is 0 Å². The number of ether oxygens (including phenoxy) is 2. The molecule has 3 rings (SSSR count). The Bertz CT molecular complexity index is 538. The number of carbonyl (C=O) groups excluding carboxylic acids is 1. The fraction of sp³-hybridized carbons (Fsp3) is 0.632. The van der Waals surface area contributed by atoms with Gasteiger partial charge in [-0.25, -0.2) is 0 Å². The molecular formula is C19H28N2O3. The van der Waals surface area contributed by atoms with E-state index in [1.54, 1.807) is 7.11 Å². The molecule has 1 amide bonds. The zero-order chi connectivity index (χ0) is 16.9. The van der Waals surface area contributed by atoms with Gasteiger partial charge in [0, 0.05) is 25.9 Å². The van der Waals surface area contributed by atoms with E-state index in [1.807, 2.05) is 29.2 Å². The second-order valence-electron chi connectivity index (χ2n) is 6.81. The smallest absolute Gasteiger partial charge is 0.239 e. The van der Waals surface area contributed by atoms with Gasteiger partial charge in [0.1, 0.15) is 17.6 Å². The molecule has 1 aromatic carbocycles. The van der Waals surface area contributed by atoms with Gasteiger partial charge in [-0.1, -0.05) is 6.42 Å². The molecule has 0 aromatic heterocycles. The molecule has 0 radical (unpaired) electrons. The first kappa shape index (κ1) is 17.1. The largest absolute Gasteiger partial charge is 0.497 e. The molecule has 0 spiro atoms. The van der Waals surface area contributed by atoms with E-state index in [9.17, 15) is 4.79 Å². The molecule has 2 aliphatic rings. The lowest BCUT2D eigenvalue weighted by Gasteiger charge is -2.38. The van der Waals surface area contributed by atoms with Gasteiger partial charge in [0.05, 0.1) is 13.2 Å². The Balaban J connectivity index is 1.48. The highest BCUT2D eigenvalue weighted by atomic mass is 16.5. The average molecular weight is 332 g/mol. The minimum absolute atomic E-state index is 0.0813. The van der Waals surface area contributed by atoms with E-state index < -0.39 is 0 Å². The molecule has 1 aromatic rings. The van der Waals surface area contributed by atoms with E-state index in [2.05, 4.69) is 11.9 Å². The van der Waals surface area contributed by atoms with Gasteiger partial charge in [-0.2, -0.15) is 0 Å². The summed E-state index contributed by atoms with van der Waals surface area (Å²) in [5.41, 5.74) is 0. The fourth-order valence-electron chi connectivity index (χ4n) is 3.64. The molecule has 0 N–H and O–H groups in total. The maximum Gasteiger partial charge on any atom is 0.239 e. The lowest BCUT2D eigenvalue weighted by molar-refractivity contribution is -0.139. The summed E-state index contributed by atoms with van der Waals surface area (Å²) in [6.07, 6.45) is 5.35. The average Bonchev–Trinajstić information content (AvgIpc) is 2.63. The maximum absolute atomic E-state index is 12.7.